The van der Waals surface area contributed by atoms with Gasteiger partial charge in [0.1, 0.15) is 23.4 Å². The van der Waals surface area contributed by atoms with Crippen LogP contribution in [0.5, 0.6) is 0 Å². The number of nitrogens with one attached hydrogen (secondary N) is 2. The Kier molecular flexibility index (Phi) is 38.5. The lowest BCUT2D eigenvalue weighted by molar-refractivity contribution is -0.131. The topological polar surface area (TPSA) is 165 Å². The summed E-state index contributed by atoms with van der Waals surface area (Å²) in [5, 5.41) is 6.12. The average molecular weight is 981 g/mol. The van der Waals surface area contributed by atoms with Gasteiger partial charge in [0.25, 0.3) is 0 Å². The van der Waals surface area contributed by atoms with E-state index >= 15 is 0 Å². The lowest BCUT2D eigenvalue weighted by Crippen LogP contribution is -2.53. The summed E-state index contributed by atoms with van der Waals surface area (Å²) < 4.78 is 36.8. The average Bonchev–Trinajstić information content (AvgIpc) is 3.27. The van der Waals surface area contributed by atoms with Gasteiger partial charge in [0.15, 0.2) is 0 Å². The molecule has 0 fully saturated rings. The molecule has 0 rings (SSSR count). The van der Waals surface area contributed by atoms with Gasteiger partial charge in [-0.05, 0) is 94.3 Å². The second kappa shape index (κ2) is 40.0. The summed E-state index contributed by atoms with van der Waals surface area (Å²) in [4.78, 5) is 62.3. The summed E-state index contributed by atoms with van der Waals surface area (Å²) in [5.74, 6) is 0.888. The third-order valence-corrected chi connectivity index (χ3v) is 12.5. The molecular formula is C56H104N2O11. The van der Waals surface area contributed by atoms with Crippen molar-refractivity contribution >= 4 is 29.2 Å². The van der Waals surface area contributed by atoms with Gasteiger partial charge in [-0.3, -0.25) is 24.0 Å². The molecule has 0 saturated heterocycles. The smallest absolute Gasteiger partial charge is 0.242 e. The number of unbranched alkanes of at least 4 members (excludes halogenated alkanes) is 3. The van der Waals surface area contributed by atoms with Gasteiger partial charge in [-0.2, -0.15) is 0 Å². The summed E-state index contributed by atoms with van der Waals surface area (Å²) >= 11 is 0. The number of carbonyl (C=O) groups excluding carboxylic acids is 5. The van der Waals surface area contributed by atoms with Gasteiger partial charge in [0.05, 0.1) is 19.8 Å². The molecule has 2 N–H and O–H groups in total. The second-order valence-corrected chi connectivity index (χ2v) is 21.9. The van der Waals surface area contributed by atoms with Crippen molar-refractivity contribution in [2.45, 2.75) is 192 Å². The summed E-state index contributed by atoms with van der Waals surface area (Å²) in [6, 6.07) is -0.638. The van der Waals surface area contributed by atoms with Crippen molar-refractivity contribution in [3.05, 3.63) is 12.2 Å². The highest BCUT2D eigenvalue weighted by molar-refractivity contribution is 5.88. The van der Waals surface area contributed by atoms with Crippen molar-refractivity contribution in [3.63, 3.8) is 0 Å². The van der Waals surface area contributed by atoms with Gasteiger partial charge < -0.3 is 39.1 Å². The predicted molar refractivity (Wildman–Crippen MR) is 278 cm³/mol. The minimum absolute atomic E-state index is 0.0679. The van der Waals surface area contributed by atoms with E-state index in [4.69, 9.17) is 28.4 Å². The van der Waals surface area contributed by atoms with E-state index in [-0.39, 0.29) is 46.8 Å². The van der Waals surface area contributed by atoms with E-state index in [0.717, 1.165) is 63.4 Å². The van der Waals surface area contributed by atoms with Crippen LogP contribution in [0.1, 0.15) is 186 Å². The minimum atomic E-state index is -0.638. The fourth-order valence-electron chi connectivity index (χ4n) is 7.41. The van der Waals surface area contributed by atoms with E-state index in [1.807, 2.05) is 62.3 Å². The standard InChI is InChI=1S/C56H104N2O11/c1-43(2)38-52(62)58-53(48(10)55(11,12)13)54(63)57-28-20-24-47(9)39-56(40-67-35-21-32-64-29-17-14-25-49(59)44(3)4,41-68-36-22-33-65-30-18-15-26-50(60)45(5)6)42-69-37-23-34-66-31-19-16-27-51(61)46(7)8/h43-46,48,53H,9,14-42H2,1-8,10-13H3,(H,57,63)(H,58,62). The van der Waals surface area contributed by atoms with Crippen molar-refractivity contribution in [2.75, 3.05) is 85.8 Å². The molecule has 404 valence electrons. The Labute approximate surface area is 421 Å². The minimum Gasteiger partial charge on any atom is -0.381 e. The summed E-state index contributed by atoms with van der Waals surface area (Å²) in [7, 11) is 0. The van der Waals surface area contributed by atoms with Crippen LogP contribution in [0.3, 0.4) is 0 Å². The monoisotopic (exact) mass is 981 g/mol. The summed E-state index contributed by atoms with van der Waals surface area (Å²) in [6.07, 6.45) is 11.3. The summed E-state index contributed by atoms with van der Waals surface area (Å²) in [5.41, 5.74) is 0.277. The molecule has 13 nitrogen and oxygen atoms in total. The van der Waals surface area contributed by atoms with Gasteiger partial charge in [0, 0.05) is 115 Å². The maximum atomic E-state index is 13.6. The van der Waals surface area contributed by atoms with E-state index in [9.17, 15) is 24.0 Å². The third kappa shape index (κ3) is 36.1. The lowest BCUT2D eigenvalue weighted by atomic mass is 9.77. The van der Waals surface area contributed by atoms with Crippen molar-refractivity contribution in [3.8, 4) is 0 Å². The molecular weight excluding hydrogens is 877 g/mol. The maximum Gasteiger partial charge on any atom is 0.242 e. The molecule has 0 aliphatic carbocycles. The molecule has 2 atom stereocenters. The zero-order chi connectivity index (χ0) is 52.1. The highest BCUT2D eigenvalue weighted by Crippen LogP contribution is 2.31. The normalized spacial score (nSPS) is 13.1. The molecule has 0 aliphatic rings. The predicted octanol–water partition coefficient (Wildman–Crippen LogP) is 10.5. The van der Waals surface area contributed by atoms with Crippen molar-refractivity contribution in [2.24, 2.45) is 40.4 Å². The van der Waals surface area contributed by atoms with Crippen LogP contribution in [0.2, 0.25) is 0 Å². The number of hydrogen-bond donors (Lipinski definition) is 2. The van der Waals surface area contributed by atoms with Crippen molar-refractivity contribution in [1.82, 2.24) is 10.6 Å². The number of ketones is 3. The number of amides is 2. The van der Waals surface area contributed by atoms with Crippen LogP contribution in [0.4, 0.5) is 0 Å². The highest BCUT2D eigenvalue weighted by Gasteiger charge is 2.35. The van der Waals surface area contributed by atoms with Crippen LogP contribution in [-0.2, 0) is 52.4 Å². The van der Waals surface area contributed by atoms with E-state index in [0.29, 0.717) is 148 Å². The molecule has 0 spiro atoms. The van der Waals surface area contributed by atoms with Crippen LogP contribution < -0.4 is 10.6 Å². The molecule has 0 heterocycles. The Bertz CT molecular complexity index is 1290. The fraction of sp³-hybridized carbons (Fsp3) is 0.875. The van der Waals surface area contributed by atoms with Crippen LogP contribution >= 0.6 is 0 Å². The Morgan fingerprint density at radius 1 is 0.478 bits per heavy atom. The van der Waals surface area contributed by atoms with Gasteiger partial charge in [0.2, 0.25) is 11.8 Å². The third-order valence-electron chi connectivity index (χ3n) is 12.5. The van der Waals surface area contributed by atoms with Crippen LogP contribution in [-0.4, -0.2) is 121 Å². The van der Waals surface area contributed by atoms with Crippen molar-refractivity contribution < 1.29 is 52.4 Å². The molecule has 0 radical (unpaired) electrons. The molecule has 0 aliphatic heterocycles. The first-order valence-electron chi connectivity index (χ1n) is 26.9. The first-order valence-corrected chi connectivity index (χ1v) is 26.9. The quantitative estimate of drug-likeness (QED) is 0.0440. The molecule has 2 unspecified atom stereocenters. The van der Waals surface area contributed by atoms with E-state index in [2.05, 4.69) is 38.0 Å². The van der Waals surface area contributed by atoms with Crippen LogP contribution in [0, 0.1) is 40.4 Å². The Balaban J connectivity index is 5.73. The second-order valence-electron chi connectivity index (χ2n) is 21.9. The van der Waals surface area contributed by atoms with Gasteiger partial charge in [-0.25, -0.2) is 0 Å². The number of rotatable bonds is 47. The molecule has 69 heavy (non-hydrogen) atoms. The molecule has 0 bridgehead atoms. The summed E-state index contributed by atoms with van der Waals surface area (Å²) in [6.45, 7) is 35.0. The van der Waals surface area contributed by atoms with Gasteiger partial charge in [-0.1, -0.05) is 95.2 Å². The molecule has 0 aromatic rings. The Morgan fingerprint density at radius 3 is 1.19 bits per heavy atom. The zero-order valence-electron chi connectivity index (χ0n) is 46.2. The number of allylic oxidation sites excluding steroid dienone is 1. The molecule has 2 amide bonds. The maximum absolute atomic E-state index is 13.6. The molecule has 0 aromatic heterocycles. The number of carbonyl (C=O) groups is 5. The first kappa shape index (κ1) is 66.5. The number of hydrogen-bond acceptors (Lipinski definition) is 11. The SMILES string of the molecule is C=C(CCCNC(=O)C(NC(=O)CC(C)C)C(C)C(C)(C)C)CC(COCCCOCCCCC(=O)C(C)C)(COCCCOCCCCC(=O)C(C)C)COCCCOCCCCC(=O)C(C)C. The van der Waals surface area contributed by atoms with Gasteiger partial charge >= 0.3 is 0 Å². The first-order chi connectivity index (χ1) is 32.6. The highest BCUT2D eigenvalue weighted by atomic mass is 16.5. The zero-order valence-corrected chi connectivity index (χ0v) is 46.2. The van der Waals surface area contributed by atoms with E-state index in [1.54, 1.807) is 0 Å². The van der Waals surface area contributed by atoms with E-state index < -0.39 is 11.5 Å². The number of ether oxygens (including phenoxy) is 6. The van der Waals surface area contributed by atoms with E-state index in [1.165, 1.54) is 0 Å². The molecule has 0 aromatic carbocycles. The van der Waals surface area contributed by atoms with Gasteiger partial charge in [-0.15, -0.1) is 0 Å². The fourth-order valence-corrected chi connectivity index (χ4v) is 7.41. The van der Waals surface area contributed by atoms with Crippen LogP contribution in [0.15, 0.2) is 12.2 Å². The molecule has 0 saturated carbocycles. The Hall–Kier alpha value is -2.55. The largest absolute Gasteiger partial charge is 0.381 e. The van der Waals surface area contributed by atoms with Crippen molar-refractivity contribution in [1.29, 1.82) is 0 Å². The lowest BCUT2D eigenvalue weighted by Gasteiger charge is -2.34. The Morgan fingerprint density at radius 2 is 0.841 bits per heavy atom. The van der Waals surface area contributed by atoms with Crippen LogP contribution in [0.25, 0.3) is 0 Å². The number of Topliss-reactive ketones (excluding diaryl/α,β-unsaturated/α-hetero) is 3. The molecule has 13 heteroatoms.